The van der Waals surface area contributed by atoms with Crippen LogP contribution in [0.15, 0.2) is 41.6 Å². The minimum Gasteiger partial charge on any atom is -0.384 e. The lowest BCUT2D eigenvalue weighted by atomic mass is 10.1. The van der Waals surface area contributed by atoms with E-state index in [1.807, 2.05) is 13.8 Å². The molecule has 2 rings (SSSR count). The van der Waals surface area contributed by atoms with Crippen LogP contribution in [-0.4, -0.2) is 24.3 Å². The van der Waals surface area contributed by atoms with Crippen molar-refractivity contribution in [1.82, 2.24) is 14.7 Å². The number of rotatable bonds is 6. The van der Waals surface area contributed by atoms with Crippen LogP contribution in [0.1, 0.15) is 26.7 Å². The molecule has 0 unspecified atom stereocenters. The van der Waals surface area contributed by atoms with Gasteiger partial charge < -0.3 is 5.73 Å². The van der Waals surface area contributed by atoms with Gasteiger partial charge in [-0.05, 0) is 24.5 Å². The molecule has 3 N–H and O–H groups in total. The zero-order valence-corrected chi connectivity index (χ0v) is 14.4. The number of carbonyl (C=O) groups is 1. The van der Waals surface area contributed by atoms with Crippen LogP contribution in [0.3, 0.4) is 0 Å². The van der Waals surface area contributed by atoms with E-state index in [4.69, 9.17) is 5.73 Å². The SMILES string of the molecule is CC(C)CCC(=O)NS(=O)(=O)c1cccc(-c2cc(N)ncn2)c1. The molecule has 0 aliphatic heterocycles. The summed E-state index contributed by atoms with van der Waals surface area (Å²) in [5.41, 5.74) is 6.69. The monoisotopic (exact) mass is 348 g/mol. The molecule has 0 fully saturated rings. The van der Waals surface area contributed by atoms with Crippen molar-refractivity contribution in [3.63, 3.8) is 0 Å². The first kappa shape index (κ1) is 17.9. The molecule has 0 spiro atoms. The average molecular weight is 348 g/mol. The molecule has 7 nitrogen and oxygen atoms in total. The largest absolute Gasteiger partial charge is 0.384 e. The molecule has 0 radical (unpaired) electrons. The van der Waals surface area contributed by atoms with Gasteiger partial charge in [-0.15, -0.1) is 0 Å². The highest BCUT2D eigenvalue weighted by molar-refractivity contribution is 7.90. The van der Waals surface area contributed by atoms with Gasteiger partial charge >= 0.3 is 0 Å². The maximum Gasteiger partial charge on any atom is 0.264 e. The molecule has 0 atom stereocenters. The number of nitrogen functional groups attached to an aromatic ring is 1. The number of hydrogen-bond donors (Lipinski definition) is 2. The van der Waals surface area contributed by atoms with Crippen molar-refractivity contribution in [1.29, 1.82) is 0 Å². The maximum absolute atomic E-state index is 12.3. The van der Waals surface area contributed by atoms with Gasteiger partial charge in [0.2, 0.25) is 5.91 Å². The Bertz CT molecular complexity index is 835. The summed E-state index contributed by atoms with van der Waals surface area (Å²) in [6, 6.07) is 7.71. The minimum atomic E-state index is -3.92. The number of nitrogens with one attached hydrogen (secondary N) is 1. The predicted octanol–water partition coefficient (Wildman–Crippen LogP) is 1.97. The molecular weight excluding hydrogens is 328 g/mol. The molecule has 128 valence electrons. The molecule has 1 aromatic carbocycles. The summed E-state index contributed by atoms with van der Waals surface area (Å²) in [6.07, 6.45) is 2.10. The quantitative estimate of drug-likeness (QED) is 0.824. The minimum absolute atomic E-state index is 0.00455. The lowest BCUT2D eigenvalue weighted by molar-refractivity contribution is -0.119. The lowest BCUT2D eigenvalue weighted by Gasteiger charge is -2.09. The Hall–Kier alpha value is -2.48. The first-order valence-corrected chi connectivity index (χ1v) is 9.00. The zero-order chi connectivity index (χ0) is 17.7. The molecule has 1 amide bonds. The Morgan fingerprint density at radius 3 is 2.67 bits per heavy atom. The summed E-state index contributed by atoms with van der Waals surface area (Å²) in [7, 11) is -3.92. The van der Waals surface area contributed by atoms with Crippen molar-refractivity contribution in [2.75, 3.05) is 5.73 Å². The Labute approximate surface area is 141 Å². The van der Waals surface area contributed by atoms with E-state index in [9.17, 15) is 13.2 Å². The van der Waals surface area contributed by atoms with E-state index in [2.05, 4.69) is 14.7 Å². The van der Waals surface area contributed by atoms with Crippen LogP contribution >= 0.6 is 0 Å². The standard InChI is InChI=1S/C16H20N4O3S/c1-11(2)6-7-16(21)20-24(22,23)13-5-3-4-12(8-13)14-9-15(17)19-10-18-14/h3-5,8-11H,6-7H2,1-2H3,(H,20,21)(H2,17,18,19). The molecule has 1 heterocycles. The number of nitrogens with zero attached hydrogens (tertiary/aromatic N) is 2. The zero-order valence-electron chi connectivity index (χ0n) is 13.6. The first-order valence-electron chi connectivity index (χ1n) is 7.51. The van der Waals surface area contributed by atoms with E-state index in [1.54, 1.807) is 18.2 Å². The number of hydrogen-bond acceptors (Lipinski definition) is 6. The molecule has 1 aromatic heterocycles. The smallest absolute Gasteiger partial charge is 0.264 e. The average Bonchev–Trinajstić information content (AvgIpc) is 2.53. The highest BCUT2D eigenvalue weighted by Crippen LogP contribution is 2.21. The Balaban J connectivity index is 2.22. The van der Waals surface area contributed by atoms with E-state index in [-0.39, 0.29) is 17.1 Å². The highest BCUT2D eigenvalue weighted by Gasteiger charge is 2.18. The number of amides is 1. The maximum atomic E-state index is 12.3. The normalized spacial score (nSPS) is 11.5. The Morgan fingerprint density at radius 1 is 1.25 bits per heavy atom. The third-order valence-corrected chi connectivity index (χ3v) is 4.70. The summed E-state index contributed by atoms with van der Waals surface area (Å²) in [4.78, 5) is 19.7. The van der Waals surface area contributed by atoms with E-state index in [1.165, 1.54) is 18.5 Å². The van der Waals surface area contributed by atoms with Gasteiger partial charge in [0.15, 0.2) is 0 Å². The van der Waals surface area contributed by atoms with Gasteiger partial charge in [0.05, 0.1) is 10.6 Å². The second kappa shape index (κ2) is 7.39. The number of benzene rings is 1. The number of anilines is 1. The van der Waals surface area contributed by atoms with Crippen LogP contribution in [0.4, 0.5) is 5.82 Å². The van der Waals surface area contributed by atoms with Gasteiger partial charge in [-0.1, -0.05) is 26.0 Å². The number of carbonyl (C=O) groups excluding carboxylic acids is 1. The summed E-state index contributed by atoms with van der Waals surface area (Å²) in [5, 5.41) is 0. The molecule has 0 aliphatic rings. The highest BCUT2D eigenvalue weighted by atomic mass is 32.2. The van der Waals surface area contributed by atoms with E-state index in [0.29, 0.717) is 23.6 Å². The second-order valence-corrected chi connectivity index (χ2v) is 7.50. The molecule has 8 heteroatoms. The molecular formula is C16H20N4O3S. The molecule has 0 saturated carbocycles. The first-order chi connectivity index (χ1) is 11.3. The molecule has 24 heavy (non-hydrogen) atoms. The van der Waals surface area contributed by atoms with Gasteiger partial charge in [-0.2, -0.15) is 0 Å². The third kappa shape index (κ3) is 4.76. The number of nitrogens with two attached hydrogens (primary N) is 1. The van der Waals surface area contributed by atoms with E-state index in [0.717, 1.165) is 0 Å². The Kier molecular flexibility index (Phi) is 5.50. The molecule has 0 bridgehead atoms. The van der Waals surface area contributed by atoms with Crippen LogP contribution in [-0.2, 0) is 14.8 Å². The van der Waals surface area contributed by atoms with E-state index >= 15 is 0 Å². The summed E-state index contributed by atoms with van der Waals surface area (Å²) < 4.78 is 26.8. The van der Waals surface area contributed by atoms with Crippen molar-refractivity contribution in [3.8, 4) is 11.3 Å². The van der Waals surface area contributed by atoms with E-state index < -0.39 is 15.9 Å². The second-order valence-electron chi connectivity index (χ2n) is 5.82. The van der Waals surface area contributed by atoms with Gasteiger partial charge in [-0.25, -0.2) is 23.1 Å². The van der Waals surface area contributed by atoms with Crippen molar-refractivity contribution in [2.45, 2.75) is 31.6 Å². The predicted molar refractivity (Wildman–Crippen MR) is 91.3 cm³/mol. The van der Waals surface area contributed by atoms with Gasteiger partial charge in [0.1, 0.15) is 12.1 Å². The van der Waals surface area contributed by atoms with Crippen molar-refractivity contribution < 1.29 is 13.2 Å². The molecule has 2 aromatic rings. The van der Waals surface area contributed by atoms with Crippen molar-refractivity contribution in [3.05, 3.63) is 36.7 Å². The summed E-state index contributed by atoms with van der Waals surface area (Å²) in [5.74, 6) is 0.0978. The van der Waals surface area contributed by atoms with Crippen LogP contribution in [0.25, 0.3) is 11.3 Å². The number of aromatic nitrogens is 2. The fourth-order valence-corrected chi connectivity index (χ4v) is 3.09. The Morgan fingerprint density at radius 2 is 2.00 bits per heavy atom. The van der Waals surface area contributed by atoms with Crippen LogP contribution in [0.5, 0.6) is 0 Å². The van der Waals surface area contributed by atoms with Gasteiger partial charge in [0, 0.05) is 18.1 Å². The number of sulfonamides is 1. The van der Waals surface area contributed by atoms with Crippen molar-refractivity contribution >= 4 is 21.7 Å². The van der Waals surface area contributed by atoms with Crippen LogP contribution in [0.2, 0.25) is 0 Å². The molecule has 0 aliphatic carbocycles. The van der Waals surface area contributed by atoms with Gasteiger partial charge in [0.25, 0.3) is 10.0 Å². The molecule has 0 saturated heterocycles. The van der Waals surface area contributed by atoms with Gasteiger partial charge in [-0.3, -0.25) is 4.79 Å². The summed E-state index contributed by atoms with van der Waals surface area (Å²) in [6.45, 7) is 3.94. The fourth-order valence-electron chi connectivity index (χ4n) is 2.03. The lowest BCUT2D eigenvalue weighted by Crippen LogP contribution is -2.30. The summed E-state index contributed by atoms with van der Waals surface area (Å²) >= 11 is 0. The fraction of sp³-hybridized carbons (Fsp3) is 0.312. The van der Waals surface area contributed by atoms with Crippen LogP contribution in [0, 0.1) is 5.92 Å². The van der Waals surface area contributed by atoms with Crippen molar-refractivity contribution in [2.24, 2.45) is 5.92 Å². The van der Waals surface area contributed by atoms with Crippen LogP contribution < -0.4 is 10.5 Å². The third-order valence-electron chi connectivity index (χ3n) is 3.33. The topological polar surface area (TPSA) is 115 Å².